The Bertz CT molecular complexity index is 707. The third kappa shape index (κ3) is 9.16. The van der Waals surface area contributed by atoms with Gasteiger partial charge in [0, 0.05) is 10.9 Å². The predicted octanol–water partition coefficient (Wildman–Crippen LogP) is 2.26. The average Bonchev–Trinajstić information content (AvgIpc) is 2.57. The molecule has 0 aromatic heterocycles. The Morgan fingerprint density at radius 1 is 1.11 bits per heavy atom. The lowest BCUT2D eigenvalue weighted by Gasteiger charge is -2.13. The van der Waals surface area contributed by atoms with Crippen molar-refractivity contribution in [3.63, 3.8) is 0 Å². The molecule has 0 fully saturated rings. The van der Waals surface area contributed by atoms with Crippen LogP contribution in [0, 0.1) is 6.92 Å². The van der Waals surface area contributed by atoms with Crippen molar-refractivity contribution in [1.82, 2.24) is 16.2 Å². The minimum atomic E-state index is -0.493. The quantitative estimate of drug-likeness (QED) is 0.285. The van der Waals surface area contributed by atoms with E-state index in [0.29, 0.717) is 10.2 Å². The number of amides is 2. The first kappa shape index (κ1) is 23.3. The van der Waals surface area contributed by atoms with Crippen LogP contribution in [0.2, 0.25) is 0 Å². The first-order chi connectivity index (χ1) is 12.7. The van der Waals surface area contributed by atoms with Gasteiger partial charge in [-0.3, -0.25) is 25.2 Å². The molecule has 2 amide bonds. The Balaban J connectivity index is 2.32. The third-order valence-corrected chi connectivity index (χ3v) is 4.22. The molecule has 1 aromatic carbocycles. The van der Waals surface area contributed by atoms with Crippen molar-refractivity contribution >= 4 is 67.0 Å². The Labute approximate surface area is 179 Å². The molecule has 1 rings (SSSR count). The maximum absolute atomic E-state index is 11.8. The Kier molecular flexibility index (Phi) is 10.3. The first-order valence-electron chi connectivity index (χ1n) is 7.85. The lowest BCUT2D eigenvalue weighted by atomic mass is 10.2. The third-order valence-electron chi connectivity index (χ3n) is 2.97. The summed E-state index contributed by atoms with van der Waals surface area (Å²) in [7, 11) is 0. The van der Waals surface area contributed by atoms with E-state index in [0.717, 1.165) is 10.0 Å². The highest BCUT2D eigenvalue weighted by molar-refractivity contribution is 9.11. The minimum absolute atomic E-state index is 0.0517. The number of halogens is 2. The van der Waals surface area contributed by atoms with Crippen molar-refractivity contribution < 1.29 is 23.9 Å². The van der Waals surface area contributed by atoms with Gasteiger partial charge in [-0.05, 0) is 59.7 Å². The van der Waals surface area contributed by atoms with Gasteiger partial charge in [0.05, 0.1) is 17.5 Å². The van der Waals surface area contributed by atoms with E-state index < -0.39 is 17.8 Å². The highest BCUT2D eigenvalue weighted by Gasteiger charge is 2.11. The van der Waals surface area contributed by atoms with Crippen LogP contribution in [0.25, 0.3) is 0 Å². The predicted molar refractivity (Wildman–Crippen MR) is 110 cm³/mol. The van der Waals surface area contributed by atoms with Crippen molar-refractivity contribution in [2.24, 2.45) is 0 Å². The molecule has 0 aliphatic heterocycles. The van der Waals surface area contributed by atoms with Crippen LogP contribution in [0.15, 0.2) is 21.1 Å². The van der Waals surface area contributed by atoms with E-state index >= 15 is 0 Å². The number of nitrogens with one attached hydrogen (secondary N) is 3. The van der Waals surface area contributed by atoms with Gasteiger partial charge >= 0.3 is 5.97 Å². The van der Waals surface area contributed by atoms with E-state index in [2.05, 4.69) is 48.0 Å². The van der Waals surface area contributed by atoms with Crippen molar-refractivity contribution in [2.45, 2.75) is 26.7 Å². The van der Waals surface area contributed by atoms with E-state index in [1.807, 2.05) is 13.0 Å². The van der Waals surface area contributed by atoms with Crippen molar-refractivity contribution in [1.29, 1.82) is 0 Å². The average molecular weight is 525 g/mol. The van der Waals surface area contributed by atoms with Gasteiger partial charge in [-0.2, -0.15) is 0 Å². The maximum atomic E-state index is 11.8. The zero-order valence-corrected chi connectivity index (χ0v) is 18.7. The molecule has 0 saturated heterocycles. The topological polar surface area (TPSA) is 106 Å². The summed E-state index contributed by atoms with van der Waals surface area (Å²) in [6, 6.07) is 3.66. The van der Waals surface area contributed by atoms with Crippen LogP contribution in [0.5, 0.6) is 5.75 Å². The number of esters is 1. The van der Waals surface area contributed by atoms with E-state index in [9.17, 15) is 14.4 Å². The zero-order valence-electron chi connectivity index (χ0n) is 14.7. The molecule has 1 aromatic rings. The van der Waals surface area contributed by atoms with Crippen LogP contribution in [0.1, 0.15) is 25.3 Å². The molecule has 0 spiro atoms. The SMILES string of the molecule is CCOC(=O)CCC(=O)NC(=S)NNC(=O)COc1c(C)cc(Br)cc1Br. The number of carbonyl (C=O) groups is 3. The van der Waals surface area contributed by atoms with Gasteiger partial charge in [-0.15, -0.1) is 0 Å². The van der Waals surface area contributed by atoms with Crippen LogP contribution in [-0.2, 0) is 19.1 Å². The van der Waals surface area contributed by atoms with Crippen LogP contribution < -0.4 is 20.9 Å². The molecule has 0 saturated carbocycles. The minimum Gasteiger partial charge on any atom is -0.482 e. The molecule has 0 aliphatic rings. The number of hydrogen-bond acceptors (Lipinski definition) is 6. The summed E-state index contributed by atoms with van der Waals surface area (Å²) in [6.45, 7) is 3.53. The van der Waals surface area contributed by atoms with Gasteiger partial charge in [0.25, 0.3) is 5.91 Å². The van der Waals surface area contributed by atoms with Gasteiger partial charge in [0.1, 0.15) is 5.75 Å². The molecule has 0 atom stereocenters. The summed E-state index contributed by atoms with van der Waals surface area (Å²) in [6.07, 6.45) is -0.127. The number of thiocarbonyl (C=S) groups is 1. The summed E-state index contributed by atoms with van der Waals surface area (Å²) < 4.78 is 11.8. The van der Waals surface area contributed by atoms with Crippen LogP contribution in [0.4, 0.5) is 0 Å². The summed E-state index contributed by atoms with van der Waals surface area (Å²) >= 11 is 11.6. The lowest BCUT2D eigenvalue weighted by Crippen LogP contribution is -2.49. The molecule has 0 radical (unpaired) electrons. The number of rotatable bonds is 7. The molecule has 0 aliphatic carbocycles. The van der Waals surface area contributed by atoms with Crippen LogP contribution in [-0.4, -0.2) is 36.1 Å². The van der Waals surface area contributed by atoms with Crippen molar-refractivity contribution in [3.05, 3.63) is 26.6 Å². The zero-order chi connectivity index (χ0) is 20.4. The van der Waals surface area contributed by atoms with Gasteiger partial charge < -0.3 is 14.8 Å². The van der Waals surface area contributed by atoms with Gasteiger partial charge in [-0.25, -0.2) is 0 Å². The highest BCUT2D eigenvalue weighted by atomic mass is 79.9. The molecule has 0 unspecified atom stereocenters. The Morgan fingerprint density at radius 2 is 1.81 bits per heavy atom. The number of ether oxygens (including phenoxy) is 2. The van der Waals surface area contributed by atoms with Crippen LogP contribution >= 0.6 is 44.1 Å². The van der Waals surface area contributed by atoms with Gasteiger partial charge in [0.15, 0.2) is 11.7 Å². The van der Waals surface area contributed by atoms with E-state index in [1.165, 1.54) is 0 Å². The Morgan fingerprint density at radius 3 is 2.44 bits per heavy atom. The number of hydrogen-bond donors (Lipinski definition) is 3. The van der Waals surface area contributed by atoms with Gasteiger partial charge in [0.2, 0.25) is 5.91 Å². The molecule has 3 N–H and O–H groups in total. The molecule has 0 bridgehead atoms. The largest absolute Gasteiger partial charge is 0.482 e. The monoisotopic (exact) mass is 523 g/mol. The molecule has 11 heteroatoms. The maximum Gasteiger partial charge on any atom is 0.306 e. The molecular weight excluding hydrogens is 506 g/mol. The summed E-state index contributed by atoms with van der Waals surface area (Å²) in [5.74, 6) is -0.887. The molecular formula is C16H19Br2N3O5S. The van der Waals surface area contributed by atoms with Crippen molar-refractivity contribution in [2.75, 3.05) is 13.2 Å². The second kappa shape index (κ2) is 11.9. The fourth-order valence-corrected chi connectivity index (χ4v) is 3.56. The van der Waals surface area contributed by atoms with Gasteiger partial charge in [-0.1, -0.05) is 15.9 Å². The number of hydrazine groups is 1. The second-order valence-corrected chi connectivity index (χ2v) is 7.36. The van der Waals surface area contributed by atoms with E-state index in [-0.39, 0.29) is 31.2 Å². The second-order valence-electron chi connectivity index (χ2n) is 5.18. The lowest BCUT2D eigenvalue weighted by molar-refractivity contribution is -0.144. The Hall–Kier alpha value is -1.72. The molecule has 148 valence electrons. The standard InChI is InChI=1S/C16H19Br2N3O5S/c1-3-25-14(24)5-4-12(22)19-16(27)21-20-13(23)8-26-15-9(2)6-10(17)7-11(15)18/h6-7H,3-5,8H2,1-2H3,(H,20,23)(H2,19,21,22,27). The number of aryl methyl sites for hydroxylation is 1. The normalized spacial score (nSPS) is 9.93. The number of benzene rings is 1. The fourth-order valence-electron chi connectivity index (χ4n) is 1.84. The van der Waals surface area contributed by atoms with E-state index in [4.69, 9.17) is 21.7 Å². The summed E-state index contributed by atoms with van der Waals surface area (Å²) in [5.41, 5.74) is 5.54. The molecule has 0 heterocycles. The van der Waals surface area contributed by atoms with Crippen molar-refractivity contribution in [3.8, 4) is 5.75 Å². The summed E-state index contributed by atoms with van der Waals surface area (Å²) in [5, 5.41) is 2.24. The van der Waals surface area contributed by atoms with Crippen LogP contribution in [0.3, 0.4) is 0 Å². The smallest absolute Gasteiger partial charge is 0.306 e. The summed E-state index contributed by atoms with van der Waals surface area (Å²) in [4.78, 5) is 34.6. The molecule has 27 heavy (non-hydrogen) atoms. The number of carbonyl (C=O) groups excluding carboxylic acids is 3. The fraction of sp³-hybridized carbons (Fsp3) is 0.375. The van der Waals surface area contributed by atoms with E-state index in [1.54, 1.807) is 13.0 Å². The molecule has 8 nitrogen and oxygen atoms in total. The highest BCUT2D eigenvalue weighted by Crippen LogP contribution is 2.32. The first-order valence-corrected chi connectivity index (χ1v) is 9.85.